The summed E-state index contributed by atoms with van der Waals surface area (Å²) >= 11 is 0. The second kappa shape index (κ2) is 6.48. The molecular formula is C17H26N2O2. The fraction of sp³-hybridized carbons (Fsp3) is 0.588. The van der Waals surface area contributed by atoms with Gasteiger partial charge in [0.2, 0.25) is 5.91 Å². The second-order valence-electron chi connectivity index (χ2n) is 6.77. The van der Waals surface area contributed by atoms with E-state index in [1.54, 1.807) is 24.3 Å². The van der Waals surface area contributed by atoms with E-state index in [9.17, 15) is 9.90 Å². The van der Waals surface area contributed by atoms with Crippen LogP contribution in [0.5, 0.6) is 5.75 Å². The third-order valence-electron chi connectivity index (χ3n) is 4.55. The Morgan fingerprint density at radius 3 is 2.67 bits per heavy atom. The Kier molecular flexibility index (Phi) is 4.88. The molecule has 1 fully saturated rings. The molecule has 2 rings (SSSR count). The van der Waals surface area contributed by atoms with Gasteiger partial charge in [0, 0.05) is 6.04 Å². The predicted molar refractivity (Wildman–Crippen MR) is 84.0 cm³/mol. The van der Waals surface area contributed by atoms with Crippen LogP contribution < -0.4 is 11.1 Å². The molecular weight excluding hydrogens is 264 g/mol. The number of nitrogens with two attached hydrogens (primary N) is 1. The maximum absolute atomic E-state index is 12.3. The first-order valence-electron chi connectivity index (χ1n) is 7.72. The highest BCUT2D eigenvalue weighted by Gasteiger charge is 2.33. The Morgan fingerprint density at radius 1 is 1.38 bits per heavy atom. The second-order valence-corrected chi connectivity index (χ2v) is 6.77. The molecule has 4 N–H and O–H groups in total. The third-order valence-corrected chi connectivity index (χ3v) is 4.55. The molecule has 0 saturated heterocycles. The maximum Gasteiger partial charge on any atom is 0.237 e. The average Bonchev–Trinajstić information content (AvgIpc) is 2.43. The molecule has 4 heteroatoms. The summed E-state index contributed by atoms with van der Waals surface area (Å²) in [5, 5.41) is 12.4. The molecule has 0 aromatic heterocycles. The van der Waals surface area contributed by atoms with Crippen LogP contribution >= 0.6 is 0 Å². The molecule has 0 heterocycles. The van der Waals surface area contributed by atoms with Crippen LogP contribution in [0.25, 0.3) is 0 Å². The summed E-state index contributed by atoms with van der Waals surface area (Å²) in [5.41, 5.74) is 7.12. The van der Waals surface area contributed by atoms with Crippen LogP contribution in [0.2, 0.25) is 0 Å². The highest BCUT2D eigenvalue weighted by molar-refractivity contribution is 5.82. The molecule has 2 atom stereocenters. The lowest BCUT2D eigenvalue weighted by Crippen LogP contribution is -2.52. The average molecular weight is 290 g/mol. The molecule has 1 aliphatic carbocycles. The molecule has 0 radical (unpaired) electrons. The Morgan fingerprint density at radius 2 is 2.05 bits per heavy atom. The standard InChI is InChI=1S/C17H26N2O2/c1-17(2)10-4-3-5-15(17)19-16(21)14(18)11-12-6-8-13(20)9-7-12/h6-9,14-15,20H,3-5,10-11,18H2,1-2H3,(H,19,21). The number of aromatic hydroxyl groups is 1. The lowest BCUT2D eigenvalue weighted by atomic mass is 9.73. The SMILES string of the molecule is CC1(C)CCCCC1NC(=O)C(N)Cc1ccc(O)cc1. The van der Waals surface area contributed by atoms with Gasteiger partial charge in [0.15, 0.2) is 0 Å². The molecule has 116 valence electrons. The summed E-state index contributed by atoms with van der Waals surface area (Å²) in [6.07, 6.45) is 5.07. The molecule has 1 aromatic carbocycles. The first-order valence-corrected chi connectivity index (χ1v) is 7.72. The minimum atomic E-state index is -0.549. The Labute approximate surface area is 126 Å². The molecule has 0 bridgehead atoms. The summed E-state index contributed by atoms with van der Waals surface area (Å²) in [6, 6.07) is 6.49. The molecule has 1 amide bonds. The van der Waals surface area contributed by atoms with E-state index in [-0.39, 0.29) is 23.1 Å². The highest BCUT2D eigenvalue weighted by Crippen LogP contribution is 2.35. The van der Waals surface area contributed by atoms with Gasteiger partial charge in [-0.25, -0.2) is 0 Å². The van der Waals surface area contributed by atoms with E-state index in [1.165, 1.54) is 12.8 Å². The summed E-state index contributed by atoms with van der Waals surface area (Å²) < 4.78 is 0. The molecule has 4 nitrogen and oxygen atoms in total. The van der Waals surface area contributed by atoms with E-state index >= 15 is 0 Å². The lowest BCUT2D eigenvalue weighted by molar-refractivity contribution is -0.124. The van der Waals surface area contributed by atoms with Crippen LogP contribution in [0.3, 0.4) is 0 Å². The van der Waals surface area contributed by atoms with Gasteiger partial charge in [-0.15, -0.1) is 0 Å². The lowest BCUT2D eigenvalue weighted by Gasteiger charge is -2.39. The number of amides is 1. The highest BCUT2D eigenvalue weighted by atomic mass is 16.3. The van der Waals surface area contributed by atoms with Gasteiger partial charge in [-0.2, -0.15) is 0 Å². The number of phenolic OH excluding ortho intramolecular Hbond substituents is 1. The topological polar surface area (TPSA) is 75.4 Å². The van der Waals surface area contributed by atoms with Gasteiger partial charge in [0.1, 0.15) is 5.75 Å². The third kappa shape index (κ3) is 4.21. The van der Waals surface area contributed by atoms with Crippen LogP contribution in [-0.4, -0.2) is 23.1 Å². The minimum Gasteiger partial charge on any atom is -0.508 e. The predicted octanol–water partition coefficient (Wildman–Crippen LogP) is 2.35. The van der Waals surface area contributed by atoms with Crippen LogP contribution in [0.4, 0.5) is 0 Å². The van der Waals surface area contributed by atoms with Crippen molar-refractivity contribution in [3.8, 4) is 5.75 Å². The Balaban J connectivity index is 1.91. The number of benzene rings is 1. The molecule has 1 saturated carbocycles. The number of carbonyl (C=O) groups excluding carboxylic acids is 1. The molecule has 1 aromatic rings. The molecule has 0 spiro atoms. The summed E-state index contributed by atoms with van der Waals surface area (Å²) in [7, 11) is 0. The molecule has 0 aliphatic heterocycles. The van der Waals surface area contributed by atoms with Crippen molar-refractivity contribution in [3.63, 3.8) is 0 Å². The summed E-state index contributed by atoms with van der Waals surface area (Å²) in [5.74, 6) is 0.142. The van der Waals surface area contributed by atoms with Crippen LogP contribution in [-0.2, 0) is 11.2 Å². The molecule has 2 unspecified atom stereocenters. The zero-order chi connectivity index (χ0) is 15.5. The maximum atomic E-state index is 12.3. The van der Waals surface area contributed by atoms with E-state index in [2.05, 4.69) is 19.2 Å². The van der Waals surface area contributed by atoms with Gasteiger partial charge in [0.05, 0.1) is 6.04 Å². The van der Waals surface area contributed by atoms with Gasteiger partial charge in [-0.05, 0) is 42.4 Å². The van der Waals surface area contributed by atoms with Crippen molar-refractivity contribution in [2.75, 3.05) is 0 Å². The van der Waals surface area contributed by atoms with E-state index in [4.69, 9.17) is 5.73 Å². The number of hydrogen-bond acceptors (Lipinski definition) is 3. The number of hydrogen-bond donors (Lipinski definition) is 3. The van der Waals surface area contributed by atoms with Crippen molar-refractivity contribution in [1.29, 1.82) is 0 Å². The van der Waals surface area contributed by atoms with Crippen molar-refractivity contribution >= 4 is 5.91 Å². The minimum absolute atomic E-state index is 0.0805. The van der Waals surface area contributed by atoms with Gasteiger partial charge >= 0.3 is 0 Å². The van der Waals surface area contributed by atoms with Gasteiger partial charge in [-0.1, -0.05) is 38.8 Å². The van der Waals surface area contributed by atoms with Crippen molar-refractivity contribution in [2.45, 2.75) is 58.0 Å². The number of carbonyl (C=O) groups is 1. The smallest absolute Gasteiger partial charge is 0.237 e. The quantitative estimate of drug-likeness (QED) is 0.796. The van der Waals surface area contributed by atoms with Crippen molar-refractivity contribution in [1.82, 2.24) is 5.32 Å². The number of rotatable bonds is 4. The Bertz CT molecular complexity index is 482. The fourth-order valence-electron chi connectivity index (χ4n) is 3.02. The Hall–Kier alpha value is -1.55. The van der Waals surface area contributed by atoms with E-state index in [1.807, 2.05) is 0 Å². The van der Waals surface area contributed by atoms with E-state index in [0.717, 1.165) is 18.4 Å². The van der Waals surface area contributed by atoms with Crippen LogP contribution in [0.1, 0.15) is 45.1 Å². The largest absolute Gasteiger partial charge is 0.508 e. The monoisotopic (exact) mass is 290 g/mol. The normalized spacial score (nSPS) is 22.5. The fourth-order valence-corrected chi connectivity index (χ4v) is 3.02. The van der Waals surface area contributed by atoms with Crippen molar-refractivity contribution in [2.24, 2.45) is 11.1 Å². The molecule has 1 aliphatic rings. The van der Waals surface area contributed by atoms with Gasteiger partial charge in [0.25, 0.3) is 0 Å². The van der Waals surface area contributed by atoms with Gasteiger partial charge in [-0.3, -0.25) is 4.79 Å². The van der Waals surface area contributed by atoms with Crippen LogP contribution in [0.15, 0.2) is 24.3 Å². The summed E-state index contributed by atoms with van der Waals surface area (Å²) in [4.78, 5) is 12.3. The zero-order valence-corrected chi connectivity index (χ0v) is 12.9. The van der Waals surface area contributed by atoms with Crippen LogP contribution in [0, 0.1) is 5.41 Å². The zero-order valence-electron chi connectivity index (χ0n) is 12.9. The van der Waals surface area contributed by atoms with E-state index in [0.29, 0.717) is 6.42 Å². The first-order chi connectivity index (χ1) is 9.88. The number of nitrogens with one attached hydrogen (secondary N) is 1. The van der Waals surface area contributed by atoms with E-state index < -0.39 is 6.04 Å². The molecule has 21 heavy (non-hydrogen) atoms. The van der Waals surface area contributed by atoms with Gasteiger partial charge < -0.3 is 16.2 Å². The van der Waals surface area contributed by atoms with Crippen molar-refractivity contribution < 1.29 is 9.90 Å². The summed E-state index contributed by atoms with van der Waals surface area (Å²) in [6.45, 7) is 4.42. The first kappa shape index (κ1) is 15.8. The number of phenols is 1. The van der Waals surface area contributed by atoms with Crippen molar-refractivity contribution in [3.05, 3.63) is 29.8 Å².